The van der Waals surface area contributed by atoms with Gasteiger partial charge in [-0.2, -0.15) is 0 Å². The van der Waals surface area contributed by atoms with Crippen molar-refractivity contribution in [3.63, 3.8) is 0 Å². The summed E-state index contributed by atoms with van der Waals surface area (Å²) in [4.78, 5) is 0. The van der Waals surface area contributed by atoms with Crippen LogP contribution < -0.4 is 0 Å². The number of para-hydroxylation sites is 1. The van der Waals surface area contributed by atoms with E-state index in [-0.39, 0.29) is 27.1 Å². The fourth-order valence-electron chi connectivity index (χ4n) is 5.06. The maximum absolute atomic E-state index is 9.30. The largest absolute Gasteiger partial charge is 0.456 e. The molecule has 0 radical (unpaired) electrons. The lowest BCUT2D eigenvalue weighted by atomic mass is 9.84. The van der Waals surface area contributed by atoms with E-state index in [1.807, 2.05) is 0 Å². The summed E-state index contributed by atoms with van der Waals surface area (Å²) in [5.74, 6) is 0. The Labute approximate surface area is 250 Å². The molecule has 0 atom stereocenters. The van der Waals surface area contributed by atoms with E-state index in [2.05, 4.69) is 0 Å². The van der Waals surface area contributed by atoms with Gasteiger partial charge in [-0.3, -0.25) is 0 Å². The average molecular weight is 514 g/mol. The van der Waals surface area contributed by atoms with Crippen LogP contribution in [-0.4, -0.2) is 0 Å². The molecule has 0 aliphatic heterocycles. The van der Waals surface area contributed by atoms with Crippen LogP contribution in [0.3, 0.4) is 0 Å². The van der Waals surface area contributed by atoms with Crippen LogP contribution in [0.25, 0.3) is 76.9 Å². The lowest BCUT2D eigenvalue weighted by molar-refractivity contribution is 0.669. The van der Waals surface area contributed by atoms with Crippen molar-refractivity contribution < 1.29 is 27.7 Å². The lowest BCUT2D eigenvalue weighted by Gasteiger charge is -2.18. The van der Waals surface area contributed by atoms with Gasteiger partial charge in [0.15, 0.2) is 0 Å². The van der Waals surface area contributed by atoms with Gasteiger partial charge >= 0.3 is 0 Å². The Hall–Kier alpha value is -5.14. The van der Waals surface area contributed by atoms with Gasteiger partial charge in [0, 0.05) is 10.8 Å². The van der Waals surface area contributed by atoms with Gasteiger partial charge in [0.05, 0.1) is 23.3 Å². The molecule has 8 aromatic rings. The van der Waals surface area contributed by atoms with Crippen molar-refractivity contribution in [2.24, 2.45) is 0 Å². The second-order valence-corrected chi connectivity index (χ2v) is 8.78. The van der Waals surface area contributed by atoms with Crippen LogP contribution in [-0.2, 0) is 0 Å². The van der Waals surface area contributed by atoms with Gasteiger partial charge in [-0.15, -0.1) is 0 Å². The lowest BCUT2D eigenvalue weighted by Crippen LogP contribution is -1.91. The van der Waals surface area contributed by atoms with E-state index in [0.717, 1.165) is 0 Å². The average Bonchev–Trinajstić information content (AvgIpc) is 3.58. The number of furan rings is 1. The topological polar surface area (TPSA) is 13.1 Å². The van der Waals surface area contributed by atoms with Crippen molar-refractivity contribution in [1.29, 1.82) is 0 Å². The van der Waals surface area contributed by atoms with E-state index < -0.39 is 125 Å². The summed E-state index contributed by atoms with van der Waals surface area (Å²) < 4.78 is 156. The van der Waals surface area contributed by atoms with Gasteiger partial charge in [-0.1, -0.05) is 133 Å². The number of hydrogen-bond acceptors (Lipinski definition) is 1. The summed E-state index contributed by atoms with van der Waals surface area (Å²) in [6.45, 7) is 0. The zero-order chi connectivity index (χ0) is 40.6. The van der Waals surface area contributed by atoms with Crippen LogP contribution in [0.4, 0.5) is 0 Å². The Bertz CT molecular complexity index is 2970. The Balaban J connectivity index is 1.67. The van der Waals surface area contributed by atoms with E-state index in [1.54, 1.807) is 42.5 Å². The Morgan fingerprint density at radius 2 is 0.949 bits per heavy atom. The summed E-state index contributed by atoms with van der Waals surface area (Å²) in [5, 5.41) is -0.0893. The minimum Gasteiger partial charge on any atom is -0.456 e. The first-order valence-corrected chi connectivity index (χ1v) is 12.0. The third kappa shape index (κ3) is 3.41. The van der Waals surface area contributed by atoms with E-state index in [0.29, 0.717) is 27.5 Å². The van der Waals surface area contributed by atoms with Gasteiger partial charge in [-0.05, 0) is 67.1 Å². The smallest absolute Gasteiger partial charge is 0.136 e. The summed E-state index contributed by atoms with van der Waals surface area (Å²) in [5.41, 5.74) is -1.14. The Morgan fingerprint density at radius 1 is 0.410 bits per heavy atom. The number of hydrogen-bond donors (Lipinski definition) is 0. The normalized spacial score (nSPS) is 17.7. The van der Waals surface area contributed by atoms with Crippen LogP contribution in [0.1, 0.15) is 23.3 Å². The van der Waals surface area contributed by atoms with Gasteiger partial charge in [0.2, 0.25) is 0 Å². The predicted octanol–water partition coefficient (Wildman–Crippen LogP) is 10.9. The molecule has 0 amide bonds. The van der Waals surface area contributed by atoms with Crippen molar-refractivity contribution in [1.82, 2.24) is 0 Å². The minimum absolute atomic E-state index is 0.0130. The zero-order valence-corrected chi connectivity index (χ0v) is 19.9. The van der Waals surface area contributed by atoms with Crippen molar-refractivity contribution in [3.05, 3.63) is 145 Å². The minimum atomic E-state index is -0.860. The molecule has 7 aromatic carbocycles. The molecule has 0 saturated carbocycles. The summed E-state index contributed by atoms with van der Waals surface area (Å²) >= 11 is 0. The molecule has 0 spiro atoms. The molecule has 0 unspecified atom stereocenters. The van der Waals surface area contributed by atoms with E-state index in [4.69, 9.17) is 19.5 Å². The second-order valence-electron chi connectivity index (χ2n) is 8.78. The van der Waals surface area contributed by atoms with Crippen molar-refractivity contribution >= 4 is 43.5 Å². The van der Waals surface area contributed by atoms with Gasteiger partial charge in [0.25, 0.3) is 0 Å². The summed E-state index contributed by atoms with van der Waals surface area (Å²) in [7, 11) is 0. The molecule has 0 fully saturated rings. The fraction of sp³-hybridized carbons (Fsp3) is 0. The van der Waals surface area contributed by atoms with Gasteiger partial charge in [-0.25, -0.2) is 0 Å². The van der Waals surface area contributed by atoms with E-state index in [1.165, 1.54) is 0 Å². The first-order chi connectivity index (χ1) is 26.4. The highest BCUT2D eigenvalue weighted by Crippen LogP contribution is 2.46. The maximum atomic E-state index is 9.30. The molecule has 39 heavy (non-hydrogen) atoms. The molecule has 182 valence electrons. The van der Waals surface area contributed by atoms with E-state index in [9.17, 15) is 8.22 Å². The van der Waals surface area contributed by atoms with Crippen LogP contribution in [0, 0.1) is 0 Å². The summed E-state index contributed by atoms with van der Waals surface area (Å²) in [6, 6.07) is -0.775. The fourth-order valence-corrected chi connectivity index (χ4v) is 5.06. The molecule has 0 aliphatic rings. The number of rotatable bonds is 3. The highest BCUT2D eigenvalue weighted by atomic mass is 16.3. The number of benzene rings is 7. The first kappa shape index (κ1) is 10.9. The first-order valence-electron chi connectivity index (χ1n) is 20.5. The number of fused-ring (bicyclic) bond motifs is 5. The van der Waals surface area contributed by atoms with E-state index >= 15 is 0 Å². The van der Waals surface area contributed by atoms with Gasteiger partial charge < -0.3 is 4.42 Å². The predicted molar refractivity (Wildman–Crippen MR) is 165 cm³/mol. The van der Waals surface area contributed by atoms with Crippen molar-refractivity contribution in [2.45, 2.75) is 0 Å². The monoisotopic (exact) mass is 513 g/mol. The van der Waals surface area contributed by atoms with Crippen molar-refractivity contribution in [3.8, 4) is 33.4 Å². The molecular formula is C38H24O. The standard InChI is InChI=1S/C38H24O/c1-2-11-25(12-3-1)26-21-23-27(24-22-26)36-28-13-4-6-15-30(28)37(31-16-7-5-14-29(31)36)33-18-10-20-35-38(33)32-17-8-9-19-34(32)39-35/h1-24H/i1D,2D,3D,4D,5D,6D,7D,11D,12D,13D,14D,15D,16D,21D,22D,23D,24D. The van der Waals surface area contributed by atoms with Crippen molar-refractivity contribution in [2.75, 3.05) is 0 Å². The van der Waals surface area contributed by atoms with Crippen LogP contribution >= 0.6 is 0 Å². The maximum Gasteiger partial charge on any atom is 0.136 e. The molecule has 1 aromatic heterocycles. The molecule has 0 saturated heterocycles. The Kier molecular flexibility index (Phi) is 2.44. The molecule has 1 nitrogen and oxygen atoms in total. The third-order valence-corrected chi connectivity index (χ3v) is 6.67. The molecule has 1 heteroatoms. The Morgan fingerprint density at radius 3 is 1.64 bits per heavy atom. The molecule has 0 N–H and O–H groups in total. The molecule has 0 aliphatic carbocycles. The second kappa shape index (κ2) is 8.72. The quantitative estimate of drug-likeness (QED) is 0.214. The van der Waals surface area contributed by atoms with Crippen LogP contribution in [0.5, 0.6) is 0 Å². The highest BCUT2D eigenvalue weighted by Gasteiger charge is 2.19. The molecule has 8 rings (SSSR count). The molecule has 1 heterocycles. The SMILES string of the molecule is [2H]c1c([2H])c([2H])c(-c2c([2H])c([2H])c(-c3c4c([2H])c([2H])c([2H])c([2H])c4c(-c4cccc5oc6ccccc6c45)c4c([2H])c([2H])c([2H])c([2H])c34)c([2H])c2[2H])c([2H])c1[2H]. The highest BCUT2D eigenvalue weighted by molar-refractivity contribution is 6.25. The van der Waals surface area contributed by atoms with Crippen LogP contribution in [0.2, 0.25) is 0 Å². The molecular weight excluding hydrogens is 472 g/mol. The zero-order valence-electron chi connectivity index (χ0n) is 36.9. The third-order valence-electron chi connectivity index (χ3n) is 6.67. The van der Waals surface area contributed by atoms with Crippen LogP contribution in [0.15, 0.2) is 150 Å². The summed E-state index contributed by atoms with van der Waals surface area (Å²) in [6.07, 6.45) is 0. The van der Waals surface area contributed by atoms with Gasteiger partial charge in [0.1, 0.15) is 11.2 Å². The molecule has 0 bridgehead atoms.